The third-order valence-electron chi connectivity index (χ3n) is 4.82. The second-order valence-electron chi connectivity index (χ2n) is 6.48. The number of hydrogen-bond donors (Lipinski definition) is 0. The van der Waals surface area contributed by atoms with Crippen molar-refractivity contribution in [3.8, 4) is 5.88 Å². The van der Waals surface area contributed by atoms with Gasteiger partial charge in [0, 0.05) is 23.9 Å². The van der Waals surface area contributed by atoms with Gasteiger partial charge in [-0.15, -0.1) is 0 Å². The van der Waals surface area contributed by atoms with Crippen LogP contribution in [0.25, 0.3) is 11.1 Å². The molecular formula is C21H21N3O2. The lowest BCUT2D eigenvalue weighted by atomic mass is 9.91. The molecule has 0 radical (unpaired) electrons. The molecule has 5 heteroatoms. The third-order valence-corrected chi connectivity index (χ3v) is 4.82. The van der Waals surface area contributed by atoms with Crippen LogP contribution < -0.4 is 4.74 Å². The molecule has 1 unspecified atom stereocenters. The highest BCUT2D eigenvalue weighted by Crippen LogP contribution is 2.37. The maximum atomic E-state index is 6.04. The monoisotopic (exact) mass is 347 g/mol. The van der Waals surface area contributed by atoms with Crippen LogP contribution in [-0.4, -0.2) is 23.3 Å². The second-order valence-corrected chi connectivity index (χ2v) is 6.48. The molecule has 0 saturated heterocycles. The van der Waals surface area contributed by atoms with Gasteiger partial charge in [-0.25, -0.2) is 9.97 Å². The van der Waals surface area contributed by atoms with Crippen LogP contribution in [0.5, 0.6) is 5.88 Å². The number of pyridine rings is 1. The minimum Gasteiger partial charge on any atom is -0.481 e. The van der Waals surface area contributed by atoms with Crippen molar-refractivity contribution in [1.29, 1.82) is 0 Å². The molecule has 0 fully saturated rings. The predicted molar refractivity (Wildman–Crippen MR) is 102 cm³/mol. The minimum absolute atomic E-state index is 0.580. The number of nitrogens with zero attached hydrogens (tertiary/aromatic N) is 3. The number of methoxy groups -OCH3 is 1. The van der Waals surface area contributed by atoms with Gasteiger partial charge in [0.25, 0.3) is 0 Å². The fourth-order valence-corrected chi connectivity index (χ4v) is 3.41. The first-order valence-electron chi connectivity index (χ1n) is 8.77. The summed E-state index contributed by atoms with van der Waals surface area (Å²) in [5.41, 5.74) is 4.13. The summed E-state index contributed by atoms with van der Waals surface area (Å²) in [6.07, 6.45) is 7.26. The number of aryl methyl sites for hydroxylation is 2. The molecule has 1 aromatic carbocycles. The Labute approximate surface area is 152 Å². The summed E-state index contributed by atoms with van der Waals surface area (Å²) in [6.45, 7) is 4.14. The molecule has 1 aliphatic rings. The van der Waals surface area contributed by atoms with E-state index in [0.717, 1.165) is 28.8 Å². The minimum atomic E-state index is -0.672. The van der Waals surface area contributed by atoms with Crippen LogP contribution in [0.3, 0.4) is 0 Å². The number of hydrogen-bond acceptors (Lipinski definition) is 5. The highest BCUT2D eigenvalue weighted by atomic mass is 16.5. The Bertz CT molecular complexity index is 972. The number of allylic oxidation sites excluding steroid dienone is 1. The van der Waals surface area contributed by atoms with Crippen LogP contribution in [0, 0.1) is 6.92 Å². The number of para-hydroxylation sites is 2. The molecule has 1 atom stereocenters. The van der Waals surface area contributed by atoms with Gasteiger partial charge in [0.15, 0.2) is 11.1 Å². The molecular weight excluding hydrogens is 326 g/mol. The Hall–Kier alpha value is -2.95. The maximum Gasteiger partial charge on any atom is 0.227 e. The number of fused-ring (bicyclic) bond motifs is 1. The molecule has 3 heterocycles. The van der Waals surface area contributed by atoms with Crippen LogP contribution in [0.15, 0.2) is 51.9 Å². The van der Waals surface area contributed by atoms with E-state index in [1.807, 2.05) is 43.3 Å². The first-order valence-corrected chi connectivity index (χ1v) is 8.77. The number of ether oxygens (including phenoxy) is 1. The lowest BCUT2D eigenvalue weighted by Gasteiger charge is -2.22. The van der Waals surface area contributed by atoms with Gasteiger partial charge >= 0.3 is 0 Å². The SMILES string of the molecule is CCc1cc(CC2(c3nc4ccccc4o3)C=CC=N2)c(OC)nc1C. The zero-order chi connectivity index (χ0) is 18.1. The Kier molecular flexibility index (Phi) is 4.07. The normalized spacial score (nSPS) is 18.7. The highest BCUT2D eigenvalue weighted by Gasteiger charge is 2.37. The Morgan fingerprint density at radius 1 is 1.15 bits per heavy atom. The van der Waals surface area contributed by atoms with E-state index >= 15 is 0 Å². The standard InChI is InChI=1S/C21H21N3O2/c1-4-15-12-16(19(25-3)23-14(15)2)13-21(10-7-11-22-21)20-24-17-8-5-6-9-18(17)26-20/h5-12H,4,13H2,1-3H3. The molecule has 0 bridgehead atoms. The summed E-state index contributed by atoms with van der Waals surface area (Å²) in [5.74, 6) is 1.22. The largest absolute Gasteiger partial charge is 0.481 e. The van der Waals surface area contributed by atoms with Crippen molar-refractivity contribution in [2.75, 3.05) is 7.11 Å². The number of oxazole rings is 1. The third kappa shape index (κ3) is 2.69. The molecule has 1 aliphatic heterocycles. The van der Waals surface area contributed by atoms with Crippen LogP contribution in [-0.2, 0) is 18.4 Å². The lowest BCUT2D eigenvalue weighted by molar-refractivity contribution is 0.373. The van der Waals surface area contributed by atoms with E-state index in [1.165, 1.54) is 5.56 Å². The fraction of sp³-hybridized carbons (Fsp3) is 0.286. The number of rotatable bonds is 5. The van der Waals surface area contributed by atoms with E-state index in [1.54, 1.807) is 13.3 Å². The Morgan fingerprint density at radius 2 is 2.00 bits per heavy atom. The van der Waals surface area contributed by atoms with Crippen LogP contribution >= 0.6 is 0 Å². The first kappa shape index (κ1) is 16.5. The molecule has 0 saturated carbocycles. The Balaban J connectivity index is 1.81. The van der Waals surface area contributed by atoms with Gasteiger partial charge in [-0.05, 0) is 49.3 Å². The molecule has 0 spiro atoms. The molecule has 5 nitrogen and oxygen atoms in total. The fourth-order valence-electron chi connectivity index (χ4n) is 3.41. The molecule has 0 amide bonds. The molecule has 4 rings (SSSR count). The molecule has 2 aromatic heterocycles. The summed E-state index contributed by atoms with van der Waals surface area (Å²) >= 11 is 0. The van der Waals surface area contributed by atoms with E-state index in [4.69, 9.17) is 14.1 Å². The van der Waals surface area contributed by atoms with Gasteiger partial charge in [-0.2, -0.15) is 0 Å². The van der Waals surface area contributed by atoms with E-state index < -0.39 is 5.54 Å². The van der Waals surface area contributed by atoms with Gasteiger partial charge in [0.2, 0.25) is 11.8 Å². The number of benzene rings is 1. The van der Waals surface area contributed by atoms with E-state index in [0.29, 0.717) is 18.2 Å². The van der Waals surface area contributed by atoms with Crippen molar-refractivity contribution in [1.82, 2.24) is 9.97 Å². The summed E-state index contributed by atoms with van der Waals surface area (Å²) in [6, 6.07) is 9.92. The smallest absolute Gasteiger partial charge is 0.227 e. The topological polar surface area (TPSA) is 60.5 Å². The number of aliphatic imine (C=N–C) groups is 1. The van der Waals surface area contributed by atoms with Crippen LogP contribution in [0.4, 0.5) is 0 Å². The lowest BCUT2D eigenvalue weighted by Crippen LogP contribution is -2.23. The van der Waals surface area contributed by atoms with Crippen molar-refractivity contribution in [3.05, 3.63) is 65.2 Å². The average Bonchev–Trinajstić information content (AvgIpc) is 3.30. The van der Waals surface area contributed by atoms with Crippen LogP contribution in [0.1, 0.15) is 29.6 Å². The van der Waals surface area contributed by atoms with Crippen LogP contribution in [0.2, 0.25) is 0 Å². The summed E-state index contributed by atoms with van der Waals surface area (Å²) in [4.78, 5) is 14.0. The number of aromatic nitrogens is 2. The van der Waals surface area contributed by atoms with Gasteiger partial charge < -0.3 is 9.15 Å². The highest BCUT2D eigenvalue weighted by molar-refractivity contribution is 5.77. The quantitative estimate of drug-likeness (QED) is 0.695. The van der Waals surface area contributed by atoms with Gasteiger partial charge in [-0.3, -0.25) is 4.99 Å². The van der Waals surface area contributed by atoms with Crippen molar-refractivity contribution in [2.24, 2.45) is 4.99 Å². The second kappa shape index (κ2) is 6.41. The zero-order valence-corrected chi connectivity index (χ0v) is 15.2. The molecule has 0 N–H and O–H groups in total. The average molecular weight is 347 g/mol. The zero-order valence-electron chi connectivity index (χ0n) is 15.2. The van der Waals surface area contributed by atoms with Crippen molar-refractivity contribution in [3.63, 3.8) is 0 Å². The maximum absolute atomic E-state index is 6.04. The molecule has 3 aromatic rings. The molecule has 0 aliphatic carbocycles. The predicted octanol–water partition coefficient (Wildman–Crippen LogP) is 4.18. The van der Waals surface area contributed by atoms with Gasteiger partial charge in [0.1, 0.15) is 5.52 Å². The van der Waals surface area contributed by atoms with Gasteiger partial charge in [0.05, 0.1) is 7.11 Å². The molecule has 132 valence electrons. The first-order chi connectivity index (χ1) is 12.6. The summed E-state index contributed by atoms with van der Waals surface area (Å²) in [7, 11) is 1.65. The van der Waals surface area contributed by atoms with E-state index in [9.17, 15) is 0 Å². The van der Waals surface area contributed by atoms with E-state index in [-0.39, 0.29) is 0 Å². The molecule has 26 heavy (non-hydrogen) atoms. The van der Waals surface area contributed by atoms with E-state index in [2.05, 4.69) is 23.0 Å². The summed E-state index contributed by atoms with van der Waals surface area (Å²) < 4.78 is 11.6. The Morgan fingerprint density at radius 3 is 2.69 bits per heavy atom. The van der Waals surface area contributed by atoms with Crippen molar-refractivity contribution < 1.29 is 9.15 Å². The summed E-state index contributed by atoms with van der Waals surface area (Å²) in [5, 5.41) is 0. The van der Waals surface area contributed by atoms with Crippen molar-refractivity contribution in [2.45, 2.75) is 32.2 Å². The van der Waals surface area contributed by atoms with Crippen molar-refractivity contribution >= 4 is 17.3 Å². The van der Waals surface area contributed by atoms with Gasteiger partial charge in [-0.1, -0.05) is 19.1 Å².